The van der Waals surface area contributed by atoms with Gasteiger partial charge in [0.05, 0.1) is 11.5 Å². The first-order chi connectivity index (χ1) is 7.96. The fraction of sp³-hybridized carbons (Fsp3) is 0.455. The lowest BCUT2D eigenvalue weighted by Crippen LogP contribution is -2.45. The number of rotatable bonds is 4. The van der Waals surface area contributed by atoms with Crippen molar-refractivity contribution in [3.63, 3.8) is 0 Å². The maximum Gasteiger partial charge on any atom is 0.154 e. The highest BCUT2D eigenvalue weighted by atomic mass is 79.9. The Bertz CT molecular complexity index is 514. The van der Waals surface area contributed by atoms with Gasteiger partial charge < -0.3 is 5.32 Å². The molecule has 1 heterocycles. The van der Waals surface area contributed by atoms with Crippen LogP contribution >= 0.6 is 27.5 Å². The Balaban J connectivity index is 2.08. The summed E-state index contributed by atoms with van der Waals surface area (Å²) in [6.07, 6.45) is 0. The smallest absolute Gasteiger partial charge is 0.154 e. The Morgan fingerprint density at radius 3 is 2.65 bits per heavy atom. The Morgan fingerprint density at radius 1 is 1.41 bits per heavy atom. The monoisotopic (exact) mass is 337 g/mol. The van der Waals surface area contributed by atoms with E-state index in [0.29, 0.717) is 10.6 Å². The lowest BCUT2D eigenvalue weighted by molar-refractivity contribution is 0.378. The molecule has 0 unspecified atom stereocenters. The zero-order valence-corrected chi connectivity index (χ0v) is 12.3. The third-order valence-corrected chi connectivity index (χ3v) is 5.32. The molecule has 6 heteroatoms. The Morgan fingerprint density at radius 2 is 2.12 bits per heavy atom. The van der Waals surface area contributed by atoms with Crippen LogP contribution in [-0.2, 0) is 15.6 Å². The molecule has 0 aromatic heterocycles. The molecule has 1 aromatic carbocycles. The third-order valence-electron chi connectivity index (χ3n) is 2.75. The first-order valence-electron chi connectivity index (χ1n) is 5.31. The van der Waals surface area contributed by atoms with Gasteiger partial charge in [-0.15, -0.1) is 0 Å². The number of sulfone groups is 1. The molecule has 0 spiro atoms. The maximum atomic E-state index is 11.9. The van der Waals surface area contributed by atoms with Crippen LogP contribution in [0.3, 0.4) is 0 Å². The minimum Gasteiger partial charge on any atom is -0.316 e. The molecule has 1 aliphatic rings. The van der Waals surface area contributed by atoms with E-state index < -0.39 is 9.84 Å². The fourth-order valence-electron chi connectivity index (χ4n) is 1.76. The summed E-state index contributed by atoms with van der Waals surface area (Å²) in [5.41, 5.74) is 0.669. The van der Waals surface area contributed by atoms with Crippen molar-refractivity contribution < 1.29 is 8.42 Å². The van der Waals surface area contributed by atoms with Gasteiger partial charge in [0, 0.05) is 22.6 Å². The Labute approximate surface area is 115 Å². The predicted molar refractivity (Wildman–Crippen MR) is 73.0 cm³/mol. The van der Waals surface area contributed by atoms with Crippen LogP contribution in [0.25, 0.3) is 0 Å². The lowest BCUT2D eigenvalue weighted by Gasteiger charge is -2.26. The van der Waals surface area contributed by atoms with Crippen LogP contribution in [-0.4, -0.2) is 27.3 Å². The van der Waals surface area contributed by atoms with E-state index in [1.165, 1.54) is 0 Å². The summed E-state index contributed by atoms with van der Waals surface area (Å²) in [7, 11) is -3.07. The maximum absolute atomic E-state index is 11.9. The standard InChI is InChI=1S/C11H13BrClNO2S/c12-10-2-1-9(11(13)3-10)7-17(15,16)6-8-4-14-5-8/h1-3,8,14H,4-7H2. The second-order valence-electron chi connectivity index (χ2n) is 4.31. The quantitative estimate of drug-likeness (QED) is 0.916. The van der Waals surface area contributed by atoms with Crippen molar-refractivity contribution in [3.8, 4) is 0 Å². The molecule has 1 aromatic rings. The van der Waals surface area contributed by atoms with Crippen molar-refractivity contribution in [2.75, 3.05) is 18.8 Å². The topological polar surface area (TPSA) is 46.2 Å². The van der Waals surface area contributed by atoms with Gasteiger partial charge in [-0.1, -0.05) is 33.6 Å². The number of nitrogens with one attached hydrogen (secondary N) is 1. The van der Waals surface area contributed by atoms with E-state index in [-0.39, 0.29) is 17.4 Å². The van der Waals surface area contributed by atoms with Crippen molar-refractivity contribution in [1.82, 2.24) is 5.32 Å². The van der Waals surface area contributed by atoms with Crippen molar-refractivity contribution in [2.45, 2.75) is 5.75 Å². The molecule has 0 amide bonds. The molecule has 0 bridgehead atoms. The van der Waals surface area contributed by atoms with Crippen LogP contribution in [0.15, 0.2) is 22.7 Å². The van der Waals surface area contributed by atoms with Gasteiger partial charge in [0.1, 0.15) is 0 Å². The van der Waals surface area contributed by atoms with E-state index in [1.54, 1.807) is 12.1 Å². The van der Waals surface area contributed by atoms with Gasteiger partial charge in [0.2, 0.25) is 0 Å². The summed E-state index contributed by atoms with van der Waals surface area (Å²) >= 11 is 9.31. The van der Waals surface area contributed by atoms with E-state index in [1.807, 2.05) is 6.07 Å². The molecule has 0 atom stereocenters. The van der Waals surface area contributed by atoms with E-state index >= 15 is 0 Å². The van der Waals surface area contributed by atoms with E-state index in [4.69, 9.17) is 11.6 Å². The molecule has 0 radical (unpaired) electrons. The zero-order chi connectivity index (χ0) is 12.5. The summed E-state index contributed by atoms with van der Waals surface area (Å²) in [6.45, 7) is 1.60. The normalized spacial score (nSPS) is 16.8. The summed E-state index contributed by atoms with van der Waals surface area (Å²) in [6, 6.07) is 5.28. The van der Waals surface area contributed by atoms with Crippen LogP contribution in [0, 0.1) is 5.92 Å². The minimum atomic E-state index is -3.07. The Kier molecular flexibility index (Phi) is 4.13. The van der Waals surface area contributed by atoms with E-state index in [9.17, 15) is 8.42 Å². The highest BCUT2D eigenvalue weighted by Crippen LogP contribution is 2.24. The van der Waals surface area contributed by atoms with Crippen molar-refractivity contribution in [3.05, 3.63) is 33.3 Å². The second-order valence-corrected chi connectivity index (χ2v) is 7.75. The number of hydrogen-bond acceptors (Lipinski definition) is 3. The molecule has 17 heavy (non-hydrogen) atoms. The largest absolute Gasteiger partial charge is 0.316 e. The van der Waals surface area contributed by atoms with Gasteiger partial charge in [-0.05, 0) is 23.6 Å². The molecular formula is C11H13BrClNO2S. The first-order valence-corrected chi connectivity index (χ1v) is 8.30. The molecule has 1 N–H and O–H groups in total. The van der Waals surface area contributed by atoms with Gasteiger partial charge in [-0.2, -0.15) is 0 Å². The highest BCUT2D eigenvalue weighted by Gasteiger charge is 2.24. The van der Waals surface area contributed by atoms with Gasteiger partial charge in [-0.25, -0.2) is 8.42 Å². The molecule has 2 rings (SSSR count). The third kappa shape index (κ3) is 3.68. The summed E-state index contributed by atoms with van der Waals surface area (Å²) in [5.74, 6) is 0.524. The van der Waals surface area contributed by atoms with Gasteiger partial charge in [0.25, 0.3) is 0 Å². The summed E-state index contributed by atoms with van der Waals surface area (Å²) < 4.78 is 24.7. The molecule has 1 fully saturated rings. The van der Waals surface area contributed by atoms with Crippen molar-refractivity contribution in [2.24, 2.45) is 5.92 Å². The molecule has 0 saturated carbocycles. The van der Waals surface area contributed by atoms with E-state index in [0.717, 1.165) is 17.6 Å². The summed E-state index contributed by atoms with van der Waals surface area (Å²) in [5, 5.41) is 3.56. The van der Waals surface area contributed by atoms with Crippen molar-refractivity contribution >= 4 is 37.4 Å². The lowest BCUT2D eigenvalue weighted by atomic mass is 10.1. The molecular weight excluding hydrogens is 326 g/mol. The van der Waals surface area contributed by atoms with E-state index in [2.05, 4.69) is 21.2 Å². The molecule has 0 aliphatic carbocycles. The first kappa shape index (κ1) is 13.3. The van der Waals surface area contributed by atoms with Crippen LogP contribution in [0.4, 0.5) is 0 Å². The van der Waals surface area contributed by atoms with Gasteiger partial charge >= 0.3 is 0 Å². The van der Waals surface area contributed by atoms with Gasteiger partial charge in [0.15, 0.2) is 9.84 Å². The van der Waals surface area contributed by atoms with Gasteiger partial charge in [-0.3, -0.25) is 0 Å². The minimum absolute atomic E-state index is 0.0234. The number of halogens is 2. The van der Waals surface area contributed by atoms with Crippen LogP contribution in [0.2, 0.25) is 5.02 Å². The summed E-state index contributed by atoms with van der Waals surface area (Å²) in [4.78, 5) is 0. The second kappa shape index (κ2) is 5.26. The average Bonchev–Trinajstić information content (AvgIpc) is 2.17. The number of hydrogen-bond donors (Lipinski definition) is 1. The molecule has 1 aliphatic heterocycles. The molecule has 3 nitrogen and oxygen atoms in total. The van der Waals surface area contributed by atoms with Crippen LogP contribution in [0.5, 0.6) is 0 Å². The van der Waals surface area contributed by atoms with Crippen molar-refractivity contribution in [1.29, 1.82) is 0 Å². The molecule has 94 valence electrons. The highest BCUT2D eigenvalue weighted by molar-refractivity contribution is 9.10. The number of benzene rings is 1. The SMILES string of the molecule is O=S(=O)(Cc1ccc(Br)cc1Cl)CC1CNC1. The molecule has 1 saturated heterocycles. The Hall–Kier alpha value is -0.100. The zero-order valence-electron chi connectivity index (χ0n) is 9.12. The van der Waals surface area contributed by atoms with Crippen LogP contribution < -0.4 is 5.32 Å². The van der Waals surface area contributed by atoms with Crippen LogP contribution in [0.1, 0.15) is 5.56 Å². The predicted octanol–water partition coefficient (Wildman–Crippen LogP) is 2.24. The average molecular weight is 339 g/mol. The fourth-order valence-corrected chi connectivity index (χ4v) is 4.38.